The molecule has 0 bridgehead atoms. The fourth-order valence-corrected chi connectivity index (χ4v) is 4.37. The molecule has 1 aliphatic rings. The molecule has 1 saturated heterocycles. The number of hydrogen-bond donors (Lipinski definition) is 2. The lowest BCUT2D eigenvalue weighted by molar-refractivity contribution is -0.137. The van der Waals surface area contributed by atoms with E-state index in [0.717, 1.165) is 11.4 Å². The van der Waals surface area contributed by atoms with Gasteiger partial charge >= 0.3 is 5.63 Å². The predicted molar refractivity (Wildman–Crippen MR) is 134 cm³/mol. The number of fused-ring (bicyclic) bond motifs is 1. The van der Waals surface area contributed by atoms with E-state index in [1.807, 2.05) is 24.3 Å². The molecule has 190 valence electrons. The molecule has 1 fully saturated rings. The Labute approximate surface area is 208 Å². The number of amides is 2. The van der Waals surface area contributed by atoms with Crippen LogP contribution in [0.25, 0.3) is 11.0 Å². The SMILES string of the molecule is COc1ccc2c(CC(=O)N[C@@H](CO)C(=O)N3CCN(c4ccccc4OC)CC3)cc(=O)oc2c1. The number of anilines is 1. The summed E-state index contributed by atoms with van der Waals surface area (Å²) in [5.41, 5.74) is 1.11. The van der Waals surface area contributed by atoms with Crippen molar-refractivity contribution in [2.24, 2.45) is 0 Å². The molecule has 2 amide bonds. The van der Waals surface area contributed by atoms with Crippen molar-refractivity contribution in [2.75, 3.05) is 51.9 Å². The number of aliphatic hydroxyl groups excluding tert-OH is 1. The first-order valence-electron chi connectivity index (χ1n) is 11.6. The van der Waals surface area contributed by atoms with E-state index in [2.05, 4.69) is 10.2 Å². The highest BCUT2D eigenvalue weighted by molar-refractivity contribution is 5.91. The molecular formula is C26H29N3O7. The number of nitrogens with one attached hydrogen (secondary N) is 1. The molecule has 0 spiro atoms. The van der Waals surface area contributed by atoms with Crippen molar-refractivity contribution in [3.8, 4) is 11.5 Å². The van der Waals surface area contributed by atoms with Crippen LogP contribution in [0, 0.1) is 0 Å². The molecule has 0 aliphatic carbocycles. The minimum Gasteiger partial charge on any atom is -0.497 e. The van der Waals surface area contributed by atoms with Crippen LogP contribution in [0.4, 0.5) is 5.69 Å². The quantitative estimate of drug-likeness (QED) is 0.447. The molecule has 3 aromatic rings. The Kier molecular flexibility index (Phi) is 7.74. The molecule has 36 heavy (non-hydrogen) atoms. The van der Waals surface area contributed by atoms with Gasteiger partial charge in [-0.3, -0.25) is 9.59 Å². The number of ether oxygens (including phenoxy) is 2. The van der Waals surface area contributed by atoms with Gasteiger partial charge in [-0.2, -0.15) is 0 Å². The number of hydrogen-bond acceptors (Lipinski definition) is 8. The third kappa shape index (κ3) is 5.44. The zero-order chi connectivity index (χ0) is 25.7. The summed E-state index contributed by atoms with van der Waals surface area (Å²) < 4.78 is 15.8. The summed E-state index contributed by atoms with van der Waals surface area (Å²) >= 11 is 0. The minimum absolute atomic E-state index is 0.153. The second kappa shape index (κ2) is 11.1. The van der Waals surface area contributed by atoms with Gasteiger partial charge in [-0.25, -0.2) is 4.79 Å². The lowest BCUT2D eigenvalue weighted by Gasteiger charge is -2.37. The maximum Gasteiger partial charge on any atom is 0.336 e. The monoisotopic (exact) mass is 495 g/mol. The summed E-state index contributed by atoms with van der Waals surface area (Å²) in [7, 11) is 3.12. The number of benzene rings is 2. The van der Waals surface area contributed by atoms with Gasteiger partial charge in [-0.15, -0.1) is 0 Å². The molecule has 2 heterocycles. The Hall–Kier alpha value is -4.05. The normalized spacial score (nSPS) is 14.4. The van der Waals surface area contributed by atoms with Crippen LogP contribution >= 0.6 is 0 Å². The van der Waals surface area contributed by atoms with Crippen LogP contribution < -0.4 is 25.3 Å². The average molecular weight is 496 g/mol. The summed E-state index contributed by atoms with van der Waals surface area (Å²) in [5, 5.41) is 13.0. The number of para-hydroxylation sites is 2. The second-order valence-corrected chi connectivity index (χ2v) is 8.42. The van der Waals surface area contributed by atoms with Crippen molar-refractivity contribution in [1.29, 1.82) is 0 Å². The highest BCUT2D eigenvalue weighted by Crippen LogP contribution is 2.28. The van der Waals surface area contributed by atoms with E-state index in [1.54, 1.807) is 30.2 Å². The third-order valence-electron chi connectivity index (χ3n) is 6.22. The van der Waals surface area contributed by atoms with Crippen LogP contribution in [-0.4, -0.2) is 74.9 Å². The van der Waals surface area contributed by atoms with Gasteiger partial charge < -0.3 is 34.1 Å². The van der Waals surface area contributed by atoms with Crippen molar-refractivity contribution in [3.63, 3.8) is 0 Å². The highest BCUT2D eigenvalue weighted by atomic mass is 16.5. The number of nitrogens with zero attached hydrogens (tertiary/aromatic N) is 2. The number of aliphatic hydroxyl groups is 1. The Balaban J connectivity index is 1.39. The summed E-state index contributed by atoms with van der Waals surface area (Å²) in [5.74, 6) is 0.438. The van der Waals surface area contributed by atoms with Gasteiger partial charge in [0, 0.05) is 43.7 Å². The molecule has 4 rings (SSSR count). The maximum atomic E-state index is 13.0. The molecular weight excluding hydrogens is 466 g/mol. The average Bonchev–Trinajstić information content (AvgIpc) is 2.90. The first-order valence-corrected chi connectivity index (χ1v) is 11.6. The van der Waals surface area contributed by atoms with Crippen LogP contribution in [0.1, 0.15) is 5.56 Å². The first-order chi connectivity index (χ1) is 17.4. The zero-order valence-electron chi connectivity index (χ0n) is 20.2. The summed E-state index contributed by atoms with van der Waals surface area (Å²) in [6.45, 7) is 1.53. The maximum absolute atomic E-state index is 13.0. The summed E-state index contributed by atoms with van der Waals surface area (Å²) in [6, 6.07) is 12.8. The Bertz CT molecular complexity index is 1300. The van der Waals surface area contributed by atoms with Crippen LogP contribution in [0.5, 0.6) is 11.5 Å². The van der Waals surface area contributed by atoms with E-state index in [9.17, 15) is 19.5 Å². The first kappa shape index (κ1) is 25.1. The highest BCUT2D eigenvalue weighted by Gasteiger charge is 2.29. The third-order valence-corrected chi connectivity index (χ3v) is 6.22. The zero-order valence-corrected chi connectivity index (χ0v) is 20.2. The molecule has 1 aliphatic heterocycles. The van der Waals surface area contributed by atoms with Gasteiger partial charge in [0.2, 0.25) is 11.8 Å². The predicted octanol–water partition coefficient (Wildman–Crippen LogP) is 1.18. The van der Waals surface area contributed by atoms with E-state index in [4.69, 9.17) is 13.9 Å². The molecule has 0 radical (unpaired) electrons. The minimum atomic E-state index is -1.08. The van der Waals surface area contributed by atoms with Gasteiger partial charge in [0.05, 0.1) is 32.9 Å². The molecule has 1 aromatic heterocycles. The van der Waals surface area contributed by atoms with Gasteiger partial charge in [0.1, 0.15) is 23.1 Å². The molecule has 0 unspecified atom stereocenters. The van der Waals surface area contributed by atoms with E-state index in [0.29, 0.717) is 48.5 Å². The Morgan fingerprint density at radius 3 is 2.50 bits per heavy atom. The number of carbonyl (C=O) groups excluding carboxylic acids is 2. The van der Waals surface area contributed by atoms with Crippen LogP contribution in [0.2, 0.25) is 0 Å². The van der Waals surface area contributed by atoms with Gasteiger partial charge in [0.15, 0.2) is 0 Å². The largest absolute Gasteiger partial charge is 0.497 e. The lowest BCUT2D eigenvalue weighted by Crippen LogP contribution is -2.56. The van der Waals surface area contributed by atoms with Crippen molar-refractivity contribution in [2.45, 2.75) is 12.5 Å². The van der Waals surface area contributed by atoms with Crippen molar-refractivity contribution < 1.29 is 28.6 Å². The fraction of sp³-hybridized carbons (Fsp3) is 0.346. The molecule has 2 N–H and O–H groups in total. The smallest absolute Gasteiger partial charge is 0.336 e. The number of piperazine rings is 1. The molecule has 0 saturated carbocycles. The standard InChI is InChI=1S/C26H29N3O7/c1-34-18-7-8-19-17(14-25(32)36-23(19)15-18)13-24(31)27-20(16-30)26(33)29-11-9-28(10-12-29)21-5-3-4-6-22(21)35-2/h3-8,14-15,20,30H,9-13,16H2,1-2H3,(H,27,31)/t20-/m0/s1. The van der Waals surface area contributed by atoms with E-state index >= 15 is 0 Å². The van der Waals surface area contributed by atoms with Crippen LogP contribution in [0.3, 0.4) is 0 Å². The van der Waals surface area contributed by atoms with E-state index in [1.165, 1.54) is 13.2 Å². The topological polar surface area (TPSA) is 122 Å². The lowest BCUT2D eigenvalue weighted by atomic mass is 10.1. The van der Waals surface area contributed by atoms with Gasteiger partial charge in [-0.1, -0.05) is 12.1 Å². The second-order valence-electron chi connectivity index (χ2n) is 8.42. The number of rotatable bonds is 8. The van der Waals surface area contributed by atoms with Gasteiger partial charge in [0.25, 0.3) is 0 Å². The molecule has 1 atom stereocenters. The Morgan fingerprint density at radius 2 is 1.81 bits per heavy atom. The van der Waals surface area contributed by atoms with Crippen molar-refractivity contribution in [1.82, 2.24) is 10.2 Å². The van der Waals surface area contributed by atoms with E-state index in [-0.39, 0.29) is 12.3 Å². The summed E-state index contributed by atoms with van der Waals surface area (Å²) in [6.07, 6.45) is -0.153. The van der Waals surface area contributed by atoms with Gasteiger partial charge in [-0.05, 0) is 29.8 Å². The molecule has 2 aromatic carbocycles. The Morgan fingerprint density at radius 1 is 1.06 bits per heavy atom. The van der Waals surface area contributed by atoms with E-state index < -0.39 is 24.2 Å². The van der Waals surface area contributed by atoms with Crippen molar-refractivity contribution >= 4 is 28.5 Å². The summed E-state index contributed by atoms with van der Waals surface area (Å²) in [4.78, 5) is 41.6. The fourth-order valence-electron chi connectivity index (χ4n) is 4.37. The number of carbonyl (C=O) groups is 2. The molecule has 10 heteroatoms. The van der Waals surface area contributed by atoms with Crippen molar-refractivity contribution in [3.05, 3.63) is 64.5 Å². The molecule has 10 nitrogen and oxygen atoms in total. The van der Waals surface area contributed by atoms with Crippen LogP contribution in [0.15, 0.2) is 57.7 Å². The van der Waals surface area contributed by atoms with Crippen LogP contribution in [-0.2, 0) is 16.0 Å². The number of methoxy groups -OCH3 is 2.